The highest BCUT2D eigenvalue weighted by atomic mass is 19.1. The lowest BCUT2D eigenvalue weighted by Gasteiger charge is -2.17. The Bertz CT molecular complexity index is 540. The average molecular weight is 253 g/mol. The molecule has 2 rings (SSSR count). The van der Waals surface area contributed by atoms with Gasteiger partial charge in [0.1, 0.15) is 11.6 Å². The summed E-state index contributed by atoms with van der Waals surface area (Å²) >= 11 is 0. The number of hydrogen-bond acceptors (Lipinski definition) is 4. The van der Waals surface area contributed by atoms with Crippen LogP contribution in [0.15, 0.2) is 22.7 Å². The monoisotopic (exact) mass is 253 g/mol. The largest absolute Gasteiger partial charge is 0.333 e. The molecular weight excluding hydrogens is 240 g/mol. The van der Waals surface area contributed by atoms with E-state index < -0.39 is 11.6 Å². The molecule has 0 saturated carbocycles. The van der Waals surface area contributed by atoms with Crippen molar-refractivity contribution in [2.75, 3.05) is 5.32 Å². The van der Waals surface area contributed by atoms with E-state index in [1.54, 1.807) is 0 Å². The number of hydrogen-bond donors (Lipinski definition) is 1. The van der Waals surface area contributed by atoms with Crippen LogP contribution < -0.4 is 5.32 Å². The van der Waals surface area contributed by atoms with Gasteiger partial charge in [-0.15, -0.1) is 0 Å². The Hall–Kier alpha value is -1.98. The molecule has 0 atom stereocenters. The normalized spacial score (nSPS) is 11.6. The van der Waals surface area contributed by atoms with Gasteiger partial charge in [-0.05, 0) is 32.9 Å². The van der Waals surface area contributed by atoms with Crippen molar-refractivity contribution in [3.05, 3.63) is 29.8 Å². The van der Waals surface area contributed by atoms with E-state index >= 15 is 0 Å². The summed E-state index contributed by atoms with van der Waals surface area (Å²) in [6, 6.07) is 3.30. The molecule has 1 N–H and O–H groups in total. The van der Waals surface area contributed by atoms with Gasteiger partial charge in [0.2, 0.25) is 5.82 Å². The van der Waals surface area contributed by atoms with Crippen molar-refractivity contribution in [3.63, 3.8) is 0 Å². The maximum atomic E-state index is 13.0. The second-order valence-electron chi connectivity index (χ2n) is 4.96. The third-order valence-corrected chi connectivity index (χ3v) is 2.03. The summed E-state index contributed by atoms with van der Waals surface area (Å²) in [5, 5.41) is 6.64. The maximum Gasteiger partial charge on any atom is 0.322 e. The predicted octanol–water partition coefficient (Wildman–Crippen LogP) is 3.23. The molecule has 1 aromatic carbocycles. The topological polar surface area (TPSA) is 51.0 Å². The molecule has 6 heteroatoms. The van der Waals surface area contributed by atoms with Crippen LogP contribution >= 0.6 is 0 Å². The van der Waals surface area contributed by atoms with Crippen LogP contribution in [0.2, 0.25) is 0 Å². The van der Waals surface area contributed by atoms with Crippen molar-refractivity contribution in [2.24, 2.45) is 0 Å². The molecule has 0 radical (unpaired) electrons. The molecular formula is C12H13F2N3O. The Morgan fingerprint density at radius 3 is 2.28 bits per heavy atom. The number of halogens is 2. The van der Waals surface area contributed by atoms with Crippen molar-refractivity contribution < 1.29 is 13.3 Å². The lowest BCUT2D eigenvalue weighted by Crippen LogP contribution is -2.26. The first-order valence-corrected chi connectivity index (χ1v) is 5.42. The van der Waals surface area contributed by atoms with E-state index in [1.807, 2.05) is 20.8 Å². The fourth-order valence-corrected chi connectivity index (χ4v) is 1.40. The van der Waals surface area contributed by atoms with E-state index in [0.717, 1.165) is 18.2 Å². The van der Waals surface area contributed by atoms with Gasteiger partial charge in [0.25, 0.3) is 0 Å². The predicted molar refractivity (Wildman–Crippen MR) is 63.0 cm³/mol. The first kappa shape index (κ1) is 12.5. The number of nitrogens with zero attached hydrogens (tertiary/aromatic N) is 2. The molecule has 0 spiro atoms. The Labute approximate surface area is 103 Å². The van der Waals surface area contributed by atoms with Gasteiger partial charge >= 0.3 is 6.01 Å². The molecule has 0 saturated heterocycles. The highest BCUT2D eigenvalue weighted by molar-refractivity contribution is 5.55. The lowest BCUT2D eigenvalue weighted by molar-refractivity contribution is 0.420. The minimum atomic E-state index is -0.680. The van der Waals surface area contributed by atoms with Crippen LogP contribution in [0.3, 0.4) is 0 Å². The van der Waals surface area contributed by atoms with Crippen LogP contribution in [0.1, 0.15) is 20.8 Å². The lowest BCUT2D eigenvalue weighted by atomic mass is 10.1. The zero-order valence-corrected chi connectivity index (χ0v) is 10.3. The standard InChI is InChI=1S/C12H13F2N3O/c1-12(2,3)16-11-15-10(17-18-11)7-4-8(13)6-9(14)5-7/h4-6H,1-3H3,(H,15,16,17). The van der Waals surface area contributed by atoms with E-state index in [0.29, 0.717) is 0 Å². The SMILES string of the molecule is CC(C)(C)Nc1nc(-c2cc(F)cc(F)c2)no1. The van der Waals surface area contributed by atoms with Gasteiger partial charge in [-0.1, -0.05) is 5.16 Å². The zero-order valence-electron chi connectivity index (χ0n) is 10.3. The molecule has 0 fully saturated rings. The minimum absolute atomic E-state index is 0.139. The second kappa shape index (κ2) is 4.36. The molecule has 1 heterocycles. The molecule has 1 aromatic heterocycles. The molecule has 0 amide bonds. The molecule has 0 aliphatic heterocycles. The van der Waals surface area contributed by atoms with E-state index in [2.05, 4.69) is 15.5 Å². The first-order valence-electron chi connectivity index (χ1n) is 5.42. The van der Waals surface area contributed by atoms with E-state index in [1.165, 1.54) is 0 Å². The summed E-state index contributed by atoms with van der Waals surface area (Å²) in [5.74, 6) is -1.22. The fourth-order valence-electron chi connectivity index (χ4n) is 1.40. The molecule has 2 aromatic rings. The number of rotatable bonds is 2. The minimum Gasteiger partial charge on any atom is -0.333 e. The van der Waals surface area contributed by atoms with Crippen molar-refractivity contribution >= 4 is 6.01 Å². The highest BCUT2D eigenvalue weighted by Crippen LogP contribution is 2.21. The first-order chi connectivity index (χ1) is 8.33. The van der Waals surface area contributed by atoms with Crippen LogP contribution in [0, 0.1) is 11.6 Å². The molecule has 0 bridgehead atoms. The summed E-state index contributed by atoms with van der Waals surface area (Å²) in [7, 11) is 0. The van der Waals surface area contributed by atoms with Crippen LogP contribution in [0.25, 0.3) is 11.4 Å². The van der Waals surface area contributed by atoms with Gasteiger partial charge in [0, 0.05) is 17.2 Å². The van der Waals surface area contributed by atoms with Gasteiger partial charge in [0.05, 0.1) is 0 Å². The molecule has 4 nitrogen and oxygen atoms in total. The van der Waals surface area contributed by atoms with Crippen molar-refractivity contribution in [2.45, 2.75) is 26.3 Å². The number of nitrogens with one attached hydrogen (secondary N) is 1. The Balaban J connectivity index is 2.29. The van der Waals surface area contributed by atoms with Gasteiger partial charge in [0.15, 0.2) is 0 Å². The molecule has 0 aliphatic carbocycles. The number of anilines is 1. The molecule has 18 heavy (non-hydrogen) atoms. The highest BCUT2D eigenvalue weighted by Gasteiger charge is 2.16. The van der Waals surface area contributed by atoms with Crippen LogP contribution in [-0.4, -0.2) is 15.7 Å². The van der Waals surface area contributed by atoms with Gasteiger partial charge in [-0.2, -0.15) is 4.98 Å². The Morgan fingerprint density at radius 2 is 1.72 bits per heavy atom. The number of aromatic nitrogens is 2. The van der Waals surface area contributed by atoms with E-state index in [9.17, 15) is 8.78 Å². The van der Waals surface area contributed by atoms with Crippen LogP contribution in [0.4, 0.5) is 14.8 Å². The zero-order chi connectivity index (χ0) is 13.3. The van der Waals surface area contributed by atoms with Gasteiger partial charge in [-0.25, -0.2) is 8.78 Å². The third-order valence-electron chi connectivity index (χ3n) is 2.03. The summed E-state index contributed by atoms with van der Waals surface area (Å²) in [6.45, 7) is 5.79. The third kappa shape index (κ3) is 3.03. The van der Waals surface area contributed by atoms with E-state index in [-0.39, 0.29) is 22.9 Å². The summed E-state index contributed by atoms with van der Waals surface area (Å²) in [4.78, 5) is 4.03. The Kier molecular flexibility index (Phi) is 3.02. The van der Waals surface area contributed by atoms with Crippen molar-refractivity contribution in [1.82, 2.24) is 10.1 Å². The van der Waals surface area contributed by atoms with Crippen molar-refractivity contribution in [3.8, 4) is 11.4 Å². The smallest absolute Gasteiger partial charge is 0.322 e. The Morgan fingerprint density at radius 1 is 1.11 bits per heavy atom. The van der Waals surface area contributed by atoms with E-state index in [4.69, 9.17) is 4.52 Å². The number of benzene rings is 1. The quantitative estimate of drug-likeness (QED) is 0.892. The van der Waals surface area contributed by atoms with Gasteiger partial charge < -0.3 is 9.84 Å². The summed E-state index contributed by atoms with van der Waals surface area (Å²) < 4.78 is 31.1. The van der Waals surface area contributed by atoms with Crippen LogP contribution in [0.5, 0.6) is 0 Å². The van der Waals surface area contributed by atoms with Crippen LogP contribution in [-0.2, 0) is 0 Å². The molecule has 0 unspecified atom stereocenters. The second-order valence-corrected chi connectivity index (χ2v) is 4.96. The maximum absolute atomic E-state index is 13.0. The average Bonchev–Trinajstić information content (AvgIpc) is 2.61. The van der Waals surface area contributed by atoms with Crippen molar-refractivity contribution in [1.29, 1.82) is 0 Å². The van der Waals surface area contributed by atoms with Gasteiger partial charge in [-0.3, -0.25) is 0 Å². The molecule has 0 aliphatic rings. The fraction of sp³-hybridized carbons (Fsp3) is 0.333. The molecule has 96 valence electrons. The summed E-state index contributed by atoms with van der Waals surface area (Å²) in [6.07, 6.45) is 0. The summed E-state index contributed by atoms with van der Waals surface area (Å²) in [5.41, 5.74) is -0.00464.